The molecular weight excluding hydrogens is 346 g/mol. The van der Waals surface area contributed by atoms with Crippen molar-refractivity contribution in [1.29, 1.82) is 5.26 Å². The number of hydrogen-bond donors (Lipinski definition) is 1. The largest absolute Gasteiger partial charge is 0.347 e. The topological polar surface area (TPSA) is 90.3 Å². The second-order valence-electron chi connectivity index (χ2n) is 5.24. The first-order valence-electron chi connectivity index (χ1n) is 7.12. The van der Waals surface area contributed by atoms with Gasteiger partial charge in [-0.2, -0.15) is 5.26 Å². The Hall–Kier alpha value is -2.37. The number of thiophene rings is 1. The van der Waals surface area contributed by atoms with Gasteiger partial charge in [0.1, 0.15) is 6.54 Å². The van der Waals surface area contributed by atoms with Gasteiger partial charge in [-0.25, -0.2) is 8.42 Å². The first-order chi connectivity index (χ1) is 11.3. The van der Waals surface area contributed by atoms with E-state index in [1.54, 1.807) is 18.2 Å². The number of anilines is 1. The van der Waals surface area contributed by atoms with Crippen molar-refractivity contribution in [2.45, 2.75) is 13.0 Å². The molecule has 1 unspecified atom stereocenters. The van der Waals surface area contributed by atoms with Crippen LogP contribution in [0.5, 0.6) is 0 Å². The fraction of sp³-hybridized carbons (Fsp3) is 0.250. The van der Waals surface area contributed by atoms with Crippen molar-refractivity contribution in [2.24, 2.45) is 0 Å². The zero-order valence-corrected chi connectivity index (χ0v) is 14.9. The molecule has 8 heteroatoms. The van der Waals surface area contributed by atoms with Gasteiger partial charge in [0.15, 0.2) is 0 Å². The van der Waals surface area contributed by atoms with Crippen molar-refractivity contribution < 1.29 is 13.2 Å². The zero-order chi connectivity index (χ0) is 17.7. The minimum absolute atomic E-state index is 0.204. The van der Waals surface area contributed by atoms with Crippen LogP contribution in [0.25, 0.3) is 0 Å². The highest BCUT2D eigenvalue weighted by Gasteiger charge is 2.22. The summed E-state index contributed by atoms with van der Waals surface area (Å²) in [5, 5.41) is 13.7. The molecular formula is C16H17N3O3S2. The highest BCUT2D eigenvalue weighted by molar-refractivity contribution is 7.92. The number of amides is 1. The second-order valence-corrected chi connectivity index (χ2v) is 8.12. The lowest BCUT2D eigenvalue weighted by atomic mass is 10.2. The second kappa shape index (κ2) is 7.47. The van der Waals surface area contributed by atoms with Crippen LogP contribution in [0.15, 0.2) is 41.8 Å². The molecule has 0 saturated carbocycles. The van der Waals surface area contributed by atoms with Gasteiger partial charge in [0.25, 0.3) is 0 Å². The molecule has 1 aromatic heterocycles. The summed E-state index contributed by atoms with van der Waals surface area (Å²) in [6.07, 6.45) is 1.03. The normalized spacial score (nSPS) is 12.2. The van der Waals surface area contributed by atoms with Gasteiger partial charge in [0, 0.05) is 4.88 Å². The molecule has 126 valence electrons. The number of sulfonamides is 1. The van der Waals surface area contributed by atoms with Crippen molar-refractivity contribution in [3.63, 3.8) is 0 Å². The van der Waals surface area contributed by atoms with Crippen molar-refractivity contribution in [3.8, 4) is 6.07 Å². The number of benzene rings is 1. The predicted molar refractivity (Wildman–Crippen MR) is 94.2 cm³/mol. The lowest BCUT2D eigenvalue weighted by molar-refractivity contribution is -0.120. The van der Waals surface area contributed by atoms with Crippen molar-refractivity contribution >= 4 is 33.0 Å². The van der Waals surface area contributed by atoms with Crippen LogP contribution in [0.1, 0.15) is 23.4 Å². The molecule has 1 aromatic carbocycles. The van der Waals surface area contributed by atoms with E-state index in [1.807, 2.05) is 30.5 Å². The van der Waals surface area contributed by atoms with Gasteiger partial charge in [0.05, 0.1) is 29.6 Å². The van der Waals surface area contributed by atoms with Crippen LogP contribution in [0, 0.1) is 11.3 Å². The average molecular weight is 363 g/mol. The number of nitrogens with zero attached hydrogens (tertiary/aromatic N) is 2. The minimum Gasteiger partial charge on any atom is -0.347 e. The van der Waals surface area contributed by atoms with E-state index in [4.69, 9.17) is 5.26 Å². The molecule has 2 aromatic rings. The van der Waals surface area contributed by atoms with E-state index in [1.165, 1.54) is 17.4 Å². The number of hydrogen-bond acceptors (Lipinski definition) is 5. The van der Waals surface area contributed by atoms with Gasteiger partial charge >= 0.3 is 0 Å². The van der Waals surface area contributed by atoms with E-state index >= 15 is 0 Å². The highest BCUT2D eigenvalue weighted by atomic mass is 32.2. The third-order valence-electron chi connectivity index (χ3n) is 3.30. The van der Waals surface area contributed by atoms with Gasteiger partial charge in [-0.05, 0) is 36.6 Å². The third kappa shape index (κ3) is 4.57. The highest BCUT2D eigenvalue weighted by Crippen LogP contribution is 2.20. The summed E-state index contributed by atoms with van der Waals surface area (Å²) in [7, 11) is -3.66. The minimum atomic E-state index is -3.66. The molecule has 0 radical (unpaired) electrons. The molecule has 1 heterocycles. The molecule has 1 N–H and O–H groups in total. The van der Waals surface area contributed by atoms with E-state index < -0.39 is 15.9 Å². The van der Waals surface area contributed by atoms with Crippen LogP contribution >= 0.6 is 11.3 Å². The smallest absolute Gasteiger partial charge is 0.241 e. The van der Waals surface area contributed by atoms with Crippen LogP contribution in [0.4, 0.5) is 5.69 Å². The van der Waals surface area contributed by atoms with Crippen LogP contribution in [-0.2, 0) is 14.8 Å². The van der Waals surface area contributed by atoms with Crippen molar-refractivity contribution in [2.75, 3.05) is 17.1 Å². The Balaban J connectivity index is 2.17. The summed E-state index contributed by atoms with van der Waals surface area (Å²) in [5.41, 5.74) is 0.615. The third-order valence-corrected chi connectivity index (χ3v) is 5.49. The maximum absolute atomic E-state index is 12.3. The average Bonchev–Trinajstić information content (AvgIpc) is 3.06. The number of nitriles is 1. The Morgan fingerprint density at radius 1 is 1.38 bits per heavy atom. The molecule has 0 spiro atoms. The predicted octanol–water partition coefficient (Wildman–Crippen LogP) is 2.26. The Morgan fingerprint density at radius 2 is 2.12 bits per heavy atom. The number of rotatable bonds is 6. The lowest BCUT2D eigenvalue weighted by Gasteiger charge is -2.23. The Bertz CT molecular complexity index is 855. The Morgan fingerprint density at radius 3 is 2.71 bits per heavy atom. The van der Waals surface area contributed by atoms with Crippen molar-refractivity contribution in [3.05, 3.63) is 52.2 Å². The van der Waals surface area contributed by atoms with E-state index in [9.17, 15) is 13.2 Å². The summed E-state index contributed by atoms with van der Waals surface area (Å²) in [4.78, 5) is 13.2. The molecule has 1 atom stereocenters. The maximum Gasteiger partial charge on any atom is 0.241 e. The lowest BCUT2D eigenvalue weighted by Crippen LogP contribution is -2.41. The van der Waals surface area contributed by atoms with Crippen LogP contribution < -0.4 is 9.62 Å². The van der Waals surface area contributed by atoms with E-state index in [-0.39, 0.29) is 18.3 Å². The quantitative estimate of drug-likeness (QED) is 0.852. The summed E-state index contributed by atoms with van der Waals surface area (Å²) in [5.74, 6) is -0.413. The Kier molecular flexibility index (Phi) is 5.59. The molecule has 0 saturated heterocycles. The van der Waals surface area contributed by atoms with Crippen molar-refractivity contribution in [1.82, 2.24) is 5.32 Å². The molecule has 0 fully saturated rings. The summed E-state index contributed by atoms with van der Waals surface area (Å²) in [6.45, 7) is 1.49. The Labute approximate surface area is 145 Å². The SMILES string of the molecule is CC(NC(=O)CN(c1cccc(C#N)c1)S(C)(=O)=O)c1cccs1. The standard InChI is InChI=1S/C16H17N3O3S2/c1-12(15-7-4-8-23-15)18-16(20)11-19(24(2,21)22)14-6-3-5-13(9-14)10-17/h3-9,12H,11H2,1-2H3,(H,18,20). The summed E-state index contributed by atoms with van der Waals surface area (Å²) < 4.78 is 25.1. The summed E-state index contributed by atoms with van der Waals surface area (Å²) >= 11 is 1.52. The number of carbonyl (C=O) groups is 1. The maximum atomic E-state index is 12.3. The van der Waals surface area contributed by atoms with Crippen LogP contribution in [0.2, 0.25) is 0 Å². The van der Waals surface area contributed by atoms with Gasteiger partial charge in [0.2, 0.25) is 15.9 Å². The van der Waals surface area contributed by atoms with Gasteiger partial charge < -0.3 is 5.32 Å². The number of carbonyl (C=O) groups excluding carboxylic acids is 1. The molecule has 0 bridgehead atoms. The van der Waals surface area contributed by atoms with E-state index in [0.29, 0.717) is 5.56 Å². The number of nitrogens with one attached hydrogen (secondary N) is 1. The van der Waals surface area contributed by atoms with Gasteiger partial charge in [-0.1, -0.05) is 12.1 Å². The summed E-state index contributed by atoms with van der Waals surface area (Å²) in [6, 6.07) is 11.7. The van der Waals surface area contributed by atoms with Gasteiger partial charge in [-0.15, -0.1) is 11.3 Å². The van der Waals surface area contributed by atoms with Crippen LogP contribution in [-0.4, -0.2) is 27.1 Å². The fourth-order valence-corrected chi connectivity index (χ4v) is 3.74. The fourth-order valence-electron chi connectivity index (χ4n) is 2.16. The van der Waals surface area contributed by atoms with E-state index in [2.05, 4.69) is 5.32 Å². The molecule has 2 rings (SSSR count). The first-order valence-corrected chi connectivity index (χ1v) is 9.84. The molecule has 0 aliphatic rings. The molecule has 0 aliphatic heterocycles. The zero-order valence-electron chi connectivity index (χ0n) is 13.3. The molecule has 24 heavy (non-hydrogen) atoms. The molecule has 1 amide bonds. The monoisotopic (exact) mass is 363 g/mol. The van der Waals surface area contributed by atoms with E-state index in [0.717, 1.165) is 15.4 Å². The molecule has 6 nitrogen and oxygen atoms in total. The van der Waals surface area contributed by atoms with Gasteiger partial charge in [-0.3, -0.25) is 9.10 Å². The van der Waals surface area contributed by atoms with Crippen LogP contribution in [0.3, 0.4) is 0 Å². The first kappa shape index (κ1) is 18.0. The molecule has 0 aliphatic carbocycles.